The highest BCUT2D eigenvalue weighted by atomic mass is 35.5. The van der Waals surface area contributed by atoms with Gasteiger partial charge < -0.3 is 0 Å². The normalized spacial score (nSPS) is 11.8. The largest absolute Gasteiger partial charge is 0.416 e. The van der Waals surface area contributed by atoms with Crippen LogP contribution in [0.2, 0.25) is 15.1 Å². The van der Waals surface area contributed by atoms with Crippen LogP contribution in [0.4, 0.5) is 13.2 Å². The van der Waals surface area contributed by atoms with Crippen LogP contribution >= 0.6 is 46.4 Å². The molecule has 0 bridgehead atoms. The quantitative estimate of drug-likeness (QED) is 0.390. The first kappa shape index (κ1) is 16.8. The minimum absolute atomic E-state index is 0.0491. The van der Waals surface area contributed by atoms with E-state index in [2.05, 4.69) is 0 Å². The van der Waals surface area contributed by atoms with Gasteiger partial charge in [-0.05, 0) is 23.3 Å². The van der Waals surface area contributed by atoms with Crippen molar-refractivity contribution in [2.24, 2.45) is 0 Å². The number of rotatable bonds is 2. The van der Waals surface area contributed by atoms with Crippen molar-refractivity contribution in [3.05, 3.63) is 56.5 Å². The van der Waals surface area contributed by atoms with E-state index < -0.39 is 11.7 Å². The Morgan fingerprint density at radius 3 is 2.10 bits per heavy atom. The Bertz CT molecular complexity index is 681. The molecule has 0 amide bonds. The van der Waals surface area contributed by atoms with Crippen LogP contribution in [0, 0.1) is 0 Å². The molecule has 0 fully saturated rings. The maximum atomic E-state index is 13.0. The van der Waals surface area contributed by atoms with Gasteiger partial charge >= 0.3 is 6.18 Å². The van der Waals surface area contributed by atoms with Crippen molar-refractivity contribution in [2.45, 2.75) is 12.1 Å². The summed E-state index contributed by atoms with van der Waals surface area (Å²) in [6.07, 6.45) is -4.50. The number of hydrogen-bond donors (Lipinski definition) is 0. The summed E-state index contributed by atoms with van der Waals surface area (Å²) >= 11 is 23.6. The van der Waals surface area contributed by atoms with Gasteiger partial charge in [0.25, 0.3) is 0 Å². The Hall–Kier alpha value is -0.610. The van der Waals surface area contributed by atoms with E-state index in [4.69, 9.17) is 46.4 Å². The van der Waals surface area contributed by atoms with Crippen LogP contribution in [0.1, 0.15) is 11.1 Å². The highest BCUT2D eigenvalue weighted by Gasteiger charge is 2.34. The van der Waals surface area contributed by atoms with Gasteiger partial charge in [0.05, 0.1) is 20.6 Å². The van der Waals surface area contributed by atoms with Crippen molar-refractivity contribution in [2.75, 3.05) is 0 Å². The number of halogens is 7. The number of alkyl halides is 4. The Labute approximate surface area is 139 Å². The molecule has 0 atom stereocenters. The lowest BCUT2D eigenvalue weighted by Gasteiger charge is -2.16. The summed E-state index contributed by atoms with van der Waals surface area (Å²) in [6.45, 7) is 0. The second-order valence-corrected chi connectivity index (χ2v) is 5.62. The summed E-state index contributed by atoms with van der Waals surface area (Å²) in [6, 6.07) is 6.78. The van der Waals surface area contributed by atoms with E-state index in [0.717, 1.165) is 6.07 Å². The van der Waals surface area contributed by atoms with Gasteiger partial charge in [0.15, 0.2) is 0 Å². The number of benzene rings is 2. The van der Waals surface area contributed by atoms with Crippen LogP contribution < -0.4 is 0 Å². The molecular weight excluding hydrogens is 367 g/mol. The first-order valence-electron chi connectivity index (χ1n) is 5.66. The average Bonchev–Trinajstić information content (AvgIpc) is 2.43. The summed E-state index contributed by atoms with van der Waals surface area (Å²) in [4.78, 5) is 0. The maximum Gasteiger partial charge on any atom is 0.416 e. The molecule has 112 valence electrons. The standard InChI is InChI=1S/C14H7Cl4F3/c15-6-9-7(2-1-3-10(9)14(19,20)21)8-4-5-11(16)13(18)12(8)17/h1-5H,6H2. The molecule has 0 spiro atoms. The maximum absolute atomic E-state index is 13.0. The van der Waals surface area contributed by atoms with Gasteiger partial charge in [-0.3, -0.25) is 0 Å². The van der Waals surface area contributed by atoms with Crippen LogP contribution in [-0.4, -0.2) is 0 Å². The molecule has 2 aromatic carbocycles. The van der Waals surface area contributed by atoms with Crippen molar-refractivity contribution in [1.82, 2.24) is 0 Å². The van der Waals surface area contributed by atoms with Gasteiger partial charge in [0, 0.05) is 11.4 Å². The monoisotopic (exact) mass is 372 g/mol. The van der Waals surface area contributed by atoms with Crippen molar-refractivity contribution in [1.29, 1.82) is 0 Å². The molecule has 0 radical (unpaired) electrons. The van der Waals surface area contributed by atoms with Crippen molar-refractivity contribution >= 4 is 46.4 Å². The zero-order valence-corrected chi connectivity index (χ0v) is 13.3. The predicted molar refractivity (Wildman–Crippen MR) is 81.5 cm³/mol. The first-order valence-corrected chi connectivity index (χ1v) is 7.33. The molecule has 2 aromatic rings. The van der Waals surface area contributed by atoms with Crippen LogP contribution in [-0.2, 0) is 12.1 Å². The zero-order valence-electron chi connectivity index (χ0n) is 10.2. The topological polar surface area (TPSA) is 0 Å². The zero-order chi connectivity index (χ0) is 15.8. The molecule has 0 N–H and O–H groups in total. The van der Waals surface area contributed by atoms with Gasteiger partial charge in [0.2, 0.25) is 0 Å². The van der Waals surface area contributed by atoms with Gasteiger partial charge in [-0.2, -0.15) is 13.2 Å². The van der Waals surface area contributed by atoms with Gasteiger partial charge in [-0.15, -0.1) is 11.6 Å². The molecule has 2 rings (SSSR count). The van der Waals surface area contributed by atoms with E-state index >= 15 is 0 Å². The first-order chi connectivity index (χ1) is 9.77. The Morgan fingerprint density at radius 2 is 1.52 bits per heavy atom. The van der Waals surface area contributed by atoms with E-state index in [9.17, 15) is 13.2 Å². The SMILES string of the molecule is FC(F)(F)c1cccc(-c2ccc(Cl)c(Cl)c2Cl)c1CCl. The molecular formula is C14H7Cl4F3. The summed E-state index contributed by atoms with van der Waals surface area (Å²) in [5, 5.41) is 0.411. The molecule has 0 saturated heterocycles. The Balaban J connectivity index is 2.74. The van der Waals surface area contributed by atoms with E-state index in [0.29, 0.717) is 5.56 Å². The molecule has 0 aliphatic carbocycles. The van der Waals surface area contributed by atoms with Crippen molar-refractivity contribution in [3.8, 4) is 11.1 Å². The van der Waals surface area contributed by atoms with Crippen molar-refractivity contribution < 1.29 is 13.2 Å². The lowest BCUT2D eigenvalue weighted by Crippen LogP contribution is -2.09. The molecule has 0 nitrogen and oxygen atoms in total. The van der Waals surface area contributed by atoms with E-state index in [-0.39, 0.29) is 32.1 Å². The van der Waals surface area contributed by atoms with E-state index in [1.54, 1.807) is 0 Å². The van der Waals surface area contributed by atoms with Crippen LogP contribution in [0.5, 0.6) is 0 Å². The third-order valence-corrected chi connectivity index (χ3v) is 4.50. The fourth-order valence-corrected chi connectivity index (χ4v) is 2.91. The summed E-state index contributed by atoms with van der Waals surface area (Å²) in [5.41, 5.74) is -0.208. The summed E-state index contributed by atoms with van der Waals surface area (Å²) in [5.74, 6) is -0.304. The fraction of sp³-hybridized carbons (Fsp3) is 0.143. The molecule has 0 aromatic heterocycles. The van der Waals surface area contributed by atoms with Crippen LogP contribution in [0.25, 0.3) is 11.1 Å². The molecule has 7 heteroatoms. The number of hydrogen-bond acceptors (Lipinski definition) is 0. The minimum atomic E-state index is -4.50. The lowest BCUT2D eigenvalue weighted by atomic mass is 9.96. The Morgan fingerprint density at radius 1 is 0.857 bits per heavy atom. The summed E-state index contributed by atoms with van der Waals surface area (Å²) < 4.78 is 39.1. The average molecular weight is 374 g/mol. The predicted octanol–water partition coefficient (Wildman–Crippen LogP) is 7.07. The van der Waals surface area contributed by atoms with Gasteiger partial charge in [0.1, 0.15) is 0 Å². The second kappa shape index (κ2) is 6.25. The molecule has 0 unspecified atom stereocenters. The van der Waals surface area contributed by atoms with E-state index in [1.165, 1.54) is 24.3 Å². The third-order valence-electron chi connectivity index (χ3n) is 2.94. The van der Waals surface area contributed by atoms with Gasteiger partial charge in [-0.25, -0.2) is 0 Å². The lowest BCUT2D eigenvalue weighted by molar-refractivity contribution is -0.138. The molecule has 0 aliphatic heterocycles. The smallest absolute Gasteiger partial charge is 0.166 e. The van der Waals surface area contributed by atoms with Crippen LogP contribution in [0.15, 0.2) is 30.3 Å². The van der Waals surface area contributed by atoms with E-state index in [1.807, 2.05) is 0 Å². The second-order valence-electron chi connectivity index (χ2n) is 4.19. The highest BCUT2D eigenvalue weighted by molar-refractivity contribution is 6.49. The van der Waals surface area contributed by atoms with Crippen LogP contribution in [0.3, 0.4) is 0 Å². The third kappa shape index (κ3) is 3.26. The molecule has 0 aliphatic rings. The van der Waals surface area contributed by atoms with Crippen molar-refractivity contribution in [3.63, 3.8) is 0 Å². The summed E-state index contributed by atoms with van der Waals surface area (Å²) in [7, 11) is 0. The molecule has 21 heavy (non-hydrogen) atoms. The minimum Gasteiger partial charge on any atom is -0.166 e. The molecule has 0 saturated carbocycles. The fourth-order valence-electron chi connectivity index (χ4n) is 1.98. The van der Waals surface area contributed by atoms with Gasteiger partial charge in [-0.1, -0.05) is 53.0 Å². The Kier molecular flexibility index (Phi) is 4.99. The molecule has 0 heterocycles. The highest BCUT2D eigenvalue weighted by Crippen LogP contribution is 2.42.